The van der Waals surface area contributed by atoms with Crippen molar-refractivity contribution in [2.75, 3.05) is 6.61 Å². The van der Waals surface area contributed by atoms with Crippen LogP contribution in [0.1, 0.15) is 28.3 Å². The molecule has 0 spiro atoms. The predicted molar refractivity (Wildman–Crippen MR) is 79.5 cm³/mol. The molecular weight excluding hydrogens is 253 g/mol. The van der Waals surface area contributed by atoms with E-state index in [2.05, 4.69) is 26.0 Å². The minimum atomic E-state index is -0.256. The van der Waals surface area contributed by atoms with E-state index in [0.29, 0.717) is 12.4 Å². The quantitative estimate of drug-likeness (QED) is 0.918. The molecule has 0 radical (unpaired) electrons. The van der Waals surface area contributed by atoms with Crippen LogP contribution in [0.2, 0.25) is 0 Å². The zero-order valence-electron chi connectivity index (χ0n) is 12.1. The Morgan fingerprint density at radius 1 is 1.00 bits per heavy atom. The van der Waals surface area contributed by atoms with Gasteiger partial charge < -0.3 is 10.5 Å². The lowest BCUT2D eigenvalue weighted by Gasteiger charge is -2.16. The van der Waals surface area contributed by atoms with Crippen molar-refractivity contribution in [1.29, 1.82) is 0 Å². The first kappa shape index (κ1) is 14.5. The summed E-state index contributed by atoms with van der Waals surface area (Å²) in [6.07, 6.45) is 0. The molecule has 0 aliphatic carbocycles. The van der Waals surface area contributed by atoms with Crippen LogP contribution in [0.4, 0.5) is 4.39 Å². The van der Waals surface area contributed by atoms with Crippen LogP contribution in [0.25, 0.3) is 0 Å². The first-order valence-electron chi connectivity index (χ1n) is 6.69. The van der Waals surface area contributed by atoms with E-state index in [0.717, 1.165) is 11.1 Å². The normalized spacial score (nSPS) is 12.2. The molecule has 1 atom stereocenters. The predicted octanol–water partition coefficient (Wildman–Crippen LogP) is 3.83. The number of hydrogen-bond acceptors (Lipinski definition) is 2. The highest BCUT2D eigenvalue weighted by Gasteiger charge is 2.09. The molecule has 0 aliphatic heterocycles. The third-order valence-electron chi connectivity index (χ3n) is 3.51. The lowest BCUT2D eigenvalue weighted by atomic mass is 10.0. The third kappa shape index (κ3) is 3.36. The van der Waals surface area contributed by atoms with Gasteiger partial charge in [-0.2, -0.15) is 0 Å². The molecule has 0 heterocycles. The van der Waals surface area contributed by atoms with Crippen molar-refractivity contribution in [2.45, 2.75) is 26.8 Å². The standard InChI is InChI=1S/C17H20FNO/c1-11-4-5-14(8-12(11)2)16(19)10-20-17-7-6-15(18)9-13(17)3/h4-9,16H,10,19H2,1-3H3. The van der Waals surface area contributed by atoms with Crippen LogP contribution in [0.5, 0.6) is 5.75 Å². The van der Waals surface area contributed by atoms with Gasteiger partial charge >= 0.3 is 0 Å². The molecule has 0 saturated carbocycles. The maximum absolute atomic E-state index is 13.0. The second kappa shape index (κ2) is 6.06. The first-order chi connectivity index (χ1) is 9.47. The van der Waals surface area contributed by atoms with Crippen LogP contribution >= 0.6 is 0 Å². The van der Waals surface area contributed by atoms with Gasteiger partial charge in [0.25, 0.3) is 0 Å². The molecule has 2 aromatic carbocycles. The zero-order valence-corrected chi connectivity index (χ0v) is 12.1. The number of halogens is 1. The van der Waals surface area contributed by atoms with Crippen LogP contribution in [-0.2, 0) is 0 Å². The fourth-order valence-electron chi connectivity index (χ4n) is 2.05. The van der Waals surface area contributed by atoms with Gasteiger partial charge in [-0.3, -0.25) is 0 Å². The van der Waals surface area contributed by atoms with E-state index in [4.69, 9.17) is 10.5 Å². The molecule has 2 nitrogen and oxygen atoms in total. The van der Waals surface area contributed by atoms with Gasteiger partial charge in [-0.15, -0.1) is 0 Å². The van der Waals surface area contributed by atoms with E-state index in [1.54, 1.807) is 6.07 Å². The Balaban J connectivity index is 2.04. The van der Waals surface area contributed by atoms with Crippen molar-refractivity contribution in [3.63, 3.8) is 0 Å². The molecule has 2 N–H and O–H groups in total. The second-order valence-electron chi connectivity index (χ2n) is 5.17. The van der Waals surface area contributed by atoms with E-state index < -0.39 is 0 Å². The summed E-state index contributed by atoms with van der Waals surface area (Å²) in [6.45, 7) is 6.33. The lowest BCUT2D eigenvalue weighted by molar-refractivity contribution is 0.288. The highest BCUT2D eigenvalue weighted by atomic mass is 19.1. The summed E-state index contributed by atoms with van der Waals surface area (Å²) in [5, 5.41) is 0. The SMILES string of the molecule is Cc1ccc(C(N)COc2ccc(F)cc2C)cc1C. The van der Waals surface area contributed by atoms with Gasteiger partial charge in [-0.25, -0.2) is 4.39 Å². The molecule has 0 aliphatic rings. The van der Waals surface area contributed by atoms with Gasteiger partial charge in [0.15, 0.2) is 0 Å². The van der Waals surface area contributed by atoms with Gasteiger partial charge in [0, 0.05) is 0 Å². The lowest BCUT2D eigenvalue weighted by Crippen LogP contribution is -2.19. The first-order valence-corrected chi connectivity index (χ1v) is 6.69. The summed E-state index contributed by atoms with van der Waals surface area (Å²) in [4.78, 5) is 0. The largest absolute Gasteiger partial charge is 0.491 e. The number of benzene rings is 2. The van der Waals surface area contributed by atoms with Crippen molar-refractivity contribution in [3.8, 4) is 5.75 Å². The Morgan fingerprint density at radius 3 is 2.40 bits per heavy atom. The minimum absolute atomic E-state index is 0.196. The topological polar surface area (TPSA) is 35.2 Å². The highest BCUT2D eigenvalue weighted by Crippen LogP contribution is 2.21. The summed E-state index contributed by atoms with van der Waals surface area (Å²) >= 11 is 0. The molecule has 106 valence electrons. The molecule has 0 amide bonds. The van der Waals surface area contributed by atoms with Crippen LogP contribution in [0.15, 0.2) is 36.4 Å². The Kier molecular flexibility index (Phi) is 4.40. The zero-order chi connectivity index (χ0) is 14.7. The molecule has 20 heavy (non-hydrogen) atoms. The van der Waals surface area contributed by atoms with E-state index in [1.165, 1.54) is 23.3 Å². The van der Waals surface area contributed by atoms with Crippen molar-refractivity contribution in [3.05, 3.63) is 64.5 Å². The third-order valence-corrected chi connectivity index (χ3v) is 3.51. The Morgan fingerprint density at radius 2 is 1.75 bits per heavy atom. The number of aryl methyl sites for hydroxylation is 3. The van der Waals surface area contributed by atoms with Crippen LogP contribution in [-0.4, -0.2) is 6.61 Å². The molecule has 0 fully saturated rings. The Labute approximate surface area is 119 Å². The van der Waals surface area contributed by atoms with Crippen molar-refractivity contribution >= 4 is 0 Å². The Hall–Kier alpha value is -1.87. The summed E-state index contributed by atoms with van der Waals surface area (Å²) in [7, 11) is 0. The van der Waals surface area contributed by atoms with Crippen molar-refractivity contribution < 1.29 is 9.13 Å². The average molecular weight is 273 g/mol. The summed E-state index contributed by atoms with van der Waals surface area (Å²) in [5.41, 5.74) is 10.4. The van der Waals surface area contributed by atoms with Crippen LogP contribution < -0.4 is 10.5 Å². The fourth-order valence-corrected chi connectivity index (χ4v) is 2.05. The number of hydrogen-bond donors (Lipinski definition) is 1. The van der Waals surface area contributed by atoms with Gasteiger partial charge in [0.05, 0.1) is 6.04 Å². The number of ether oxygens (including phenoxy) is 1. The van der Waals surface area contributed by atoms with Crippen molar-refractivity contribution in [2.24, 2.45) is 5.73 Å². The average Bonchev–Trinajstić information content (AvgIpc) is 2.40. The molecule has 1 unspecified atom stereocenters. The summed E-state index contributed by atoms with van der Waals surface area (Å²) < 4.78 is 18.7. The van der Waals surface area contributed by atoms with Gasteiger partial charge in [0.2, 0.25) is 0 Å². The fraction of sp³-hybridized carbons (Fsp3) is 0.294. The molecule has 0 bridgehead atoms. The summed E-state index contributed by atoms with van der Waals surface area (Å²) in [6, 6.07) is 10.5. The van der Waals surface area contributed by atoms with E-state index in [9.17, 15) is 4.39 Å². The summed E-state index contributed by atoms with van der Waals surface area (Å²) in [5.74, 6) is 0.416. The van der Waals surface area contributed by atoms with Gasteiger partial charge in [-0.05, 0) is 61.2 Å². The molecule has 0 aromatic heterocycles. The van der Waals surface area contributed by atoms with Gasteiger partial charge in [0.1, 0.15) is 18.2 Å². The van der Waals surface area contributed by atoms with E-state index >= 15 is 0 Å². The maximum Gasteiger partial charge on any atom is 0.123 e. The minimum Gasteiger partial charge on any atom is -0.491 e. The smallest absolute Gasteiger partial charge is 0.123 e. The Bertz CT molecular complexity index is 610. The van der Waals surface area contributed by atoms with Crippen LogP contribution in [0, 0.1) is 26.6 Å². The molecule has 2 aromatic rings. The van der Waals surface area contributed by atoms with Gasteiger partial charge in [-0.1, -0.05) is 18.2 Å². The van der Waals surface area contributed by atoms with Crippen LogP contribution in [0.3, 0.4) is 0 Å². The molecule has 0 saturated heterocycles. The van der Waals surface area contributed by atoms with E-state index in [1.807, 2.05) is 13.0 Å². The molecular formula is C17H20FNO. The second-order valence-corrected chi connectivity index (χ2v) is 5.17. The van der Waals surface area contributed by atoms with Crippen molar-refractivity contribution in [1.82, 2.24) is 0 Å². The van der Waals surface area contributed by atoms with E-state index in [-0.39, 0.29) is 11.9 Å². The molecule has 2 rings (SSSR count). The highest BCUT2D eigenvalue weighted by molar-refractivity contribution is 5.34. The number of rotatable bonds is 4. The number of nitrogens with two attached hydrogens (primary N) is 1. The monoisotopic (exact) mass is 273 g/mol. The maximum atomic E-state index is 13.0. The molecule has 3 heteroatoms.